The maximum atomic E-state index is 11.9. The highest BCUT2D eigenvalue weighted by atomic mass is 35.5. The van der Waals surface area contributed by atoms with Gasteiger partial charge in [0.05, 0.1) is 18.6 Å². The first-order valence-corrected chi connectivity index (χ1v) is 6.68. The summed E-state index contributed by atoms with van der Waals surface area (Å²) in [5.74, 6) is -1.64. The Kier molecular flexibility index (Phi) is 4.10. The van der Waals surface area contributed by atoms with Crippen LogP contribution in [0.5, 0.6) is 0 Å². The Balaban J connectivity index is 2.43. The van der Waals surface area contributed by atoms with E-state index in [0.717, 1.165) is 0 Å². The maximum absolute atomic E-state index is 11.9. The van der Waals surface area contributed by atoms with Gasteiger partial charge in [0, 0.05) is 11.4 Å². The van der Waals surface area contributed by atoms with E-state index < -0.39 is 17.3 Å². The number of ketones is 1. The van der Waals surface area contributed by atoms with Crippen LogP contribution in [0, 0.1) is 17.2 Å². The Labute approximate surface area is 122 Å². The van der Waals surface area contributed by atoms with Gasteiger partial charge in [0.25, 0.3) is 0 Å². The molecule has 5 heteroatoms. The van der Waals surface area contributed by atoms with Crippen LogP contribution in [-0.2, 0) is 19.7 Å². The first-order valence-electron chi connectivity index (χ1n) is 6.31. The topological polar surface area (TPSA) is 67.2 Å². The molecule has 1 saturated carbocycles. The molecule has 0 saturated heterocycles. The SMILES string of the molecule is COC(=O)[C@H]1C[C@@](C#N)(c2ccccc2Cl)CCC1=O. The van der Waals surface area contributed by atoms with E-state index in [1.807, 2.05) is 0 Å². The highest BCUT2D eigenvalue weighted by molar-refractivity contribution is 6.31. The summed E-state index contributed by atoms with van der Waals surface area (Å²) in [6, 6.07) is 9.32. The Morgan fingerprint density at radius 1 is 1.50 bits per heavy atom. The summed E-state index contributed by atoms with van der Waals surface area (Å²) in [5.41, 5.74) is -0.240. The van der Waals surface area contributed by atoms with Crippen LogP contribution < -0.4 is 0 Å². The molecule has 0 aliphatic heterocycles. The van der Waals surface area contributed by atoms with Gasteiger partial charge in [0.15, 0.2) is 0 Å². The number of esters is 1. The number of nitrogens with zero attached hydrogens (tertiary/aromatic N) is 1. The molecule has 2 rings (SSSR count). The van der Waals surface area contributed by atoms with Crippen molar-refractivity contribution in [3.63, 3.8) is 0 Å². The lowest BCUT2D eigenvalue weighted by atomic mass is 9.66. The van der Waals surface area contributed by atoms with Crippen molar-refractivity contribution in [1.82, 2.24) is 0 Å². The highest BCUT2D eigenvalue weighted by Gasteiger charge is 2.46. The van der Waals surface area contributed by atoms with Gasteiger partial charge in [-0.1, -0.05) is 29.8 Å². The number of carbonyl (C=O) groups is 2. The van der Waals surface area contributed by atoms with Gasteiger partial charge in [-0.15, -0.1) is 0 Å². The van der Waals surface area contributed by atoms with Crippen molar-refractivity contribution in [2.75, 3.05) is 7.11 Å². The van der Waals surface area contributed by atoms with Gasteiger partial charge in [-0.3, -0.25) is 9.59 Å². The number of methoxy groups -OCH3 is 1. The molecule has 0 N–H and O–H groups in total. The fraction of sp³-hybridized carbons (Fsp3) is 0.400. The number of nitriles is 1. The Morgan fingerprint density at radius 2 is 2.20 bits per heavy atom. The minimum absolute atomic E-state index is 0.124. The first-order chi connectivity index (χ1) is 9.54. The van der Waals surface area contributed by atoms with Crippen molar-refractivity contribution in [3.8, 4) is 6.07 Å². The Hall–Kier alpha value is -1.86. The normalized spacial score (nSPS) is 25.9. The molecule has 1 aliphatic carbocycles. The fourth-order valence-electron chi connectivity index (χ4n) is 2.69. The van der Waals surface area contributed by atoms with E-state index in [4.69, 9.17) is 11.6 Å². The van der Waals surface area contributed by atoms with E-state index in [1.54, 1.807) is 24.3 Å². The summed E-state index contributed by atoms with van der Waals surface area (Å²) in [6.45, 7) is 0. The third-order valence-corrected chi connectivity index (χ3v) is 4.16. The zero-order valence-corrected chi connectivity index (χ0v) is 11.8. The van der Waals surface area contributed by atoms with Gasteiger partial charge < -0.3 is 4.74 Å². The van der Waals surface area contributed by atoms with Crippen LogP contribution in [0.3, 0.4) is 0 Å². The molecular weight excluding hydrogens is 278 g/mol. The molecular formula is C15H14ClNO3. The smallest absolute Gasteiger partial charge is 0.316 e. The first kappa shape index (κ1) is 14.5. The number of hydrogen-bond acceptors (Lipinski definition) is 4. The number of hydrogen-bond donors (Lipinski definition) is 0. The van der Waals surface area contributed by atoms with Crippen LogP contribution >= 0.6 is 11.6 Å². The fourth-order valence-corrected chi connectivity index (χ4v) is 3.00. The molecule has 1 aromatic rings. The zero-order valence-electron chi connectivity index (χ0n) is 11.1. The molecule has 0 unspecified atom stereocenters. The van der Waals surface area contributed by atoms with Crippen LogP contribution in [0.4, 0.5) is 0 Å². The summed E-state index contributed by atoms with van der Waals surface area (Å²) in [6.07, 6.45) is 0.677. The quantitative estimate of drug-likeness (QED) is 0.620. The summed E-state index contributed by atoms with van der Waals surface area (Å²) in [5, 5.41) is 10.1. The third kappa shape index (κ3) is 2.41. The molecule has 20 heavy (non-hydrogen) atoms. The molecule has 0 spiro atoms. The number of carbonyl (C=O) groups excluding carboxylic acids is 2. The number of rotatable bonds is 2. The van der Waals surface area contributed by atoms with Crippen molar-refractivity contribution in [2.45, 2.75) is 24.7 Å². The third-order valence-electron chi connectivity index (χ3n) is 3.83. The van der Waals surface area contributed by atoms with E-state index >= 15 is 0 Å². The lowest BCUT2D eigenvalue weighted by Gasteiger charge is -2.34. The molecule has 104 valence electrons. The van der Waals surface area contributed by atoms with Gasteiger partial charge in [-0.25, -0.2) is 0 Å². The van der Waals surface area contributed by atoms with Crippen LogP contribution in [0.15, 0.2) is 24.3 Å². The number of ether oxygens (including phenoxy) is 1. The second-order valence-corrected chi connectivity index (χ2v) is 5.33. The maximum Gasteiger partial charge on any atom is 0.316 e. The minimum Gasteiger partial charge on any atom is -0.468 e. The minimum atomic E-state index is -0.912. The van der Waals surface area contributed by atoms with E-state index in [1.165, 1.54) is 7.11 Å². The summed E-state index contributed by atoms with van der Waals surface area (Å²) >= 11 is 6.17. The molecule has 4 nitrogen and oxygen atoms in total. The van der Waals surface area contributed by atoms with Gasteiger partial charge in [-0.2, -0.15) is 5.26 Å². The lowest BCUT2D eigenvalue weighted by Crippen LogP contribution is -2.40. The van der Waals surface area contributed by atoms with Crippen LogP contribution in [0.1, 0.15) is 24.8 Å². The molecule has 1 aromatic carbocycles. The Morgan fingerprint density at radius 3 is 2.80 bits per heavy atom. The largest absolute Gasteiger partial charge is 0.468 e. The predicted molar refractivity (Wildman–Crippen MR) is 73.1 cm³/mol. The van der Waals surface area contributed by atoms with E-state index in [2.05, 4.69) is 10.8 Å². The second-order valence-electron chi connectivity index (χ2n) is 4.92. The van der Waals surface area contributed by atoms with Crippen molar-refractivity contribution >= 4 is 23.4 Å². The van der Waals surface area contributed by atoms with Crippen molar-refractivity contribution in [2.24, 2.45) is 5.92 Å². The molecule has 1 fully saturated rings. The van der Waals surface area contributed by atoms with Crippen LogP contribution in [0.2, 0.25) is 5.02 Å². The van der Waals surface area contributed by atoms with Crippen LogP contribution in [0.25, 0.3) is 0 Å². The lowest BCUT2D eigenvalue weighted by molar-refractivity contribution is -0.151. The van der Waals surface area contributed by atoms with Gasteiger partial charge >= 0.3 is 5.97 Å². The molecule has 0 heterocycles. The van der Waals surface area contributed by atoms with E-state index in [0.29, 0.717) is 17.0 Å². The van der Waals surface area contributed by atoms with Crippen molar-refractivity contribution in [1.29, 1.82) is 5.26 Å². The number of Topliss-reactive ketones (excluding diaryl/α,β-unsaturated/α-hetero) is 1. The average Bonchev–Trinajstić information content (AvgIpc) is 2.48. The second kappa shape index (κ2) is 5.64. The van der Waals surface area contributed by atoms with Crippen molar-refractivity contribution in [3.05, 3.63) is 34.9 Å². The molecule has 1 aliphatic rings. The average molecular weight is 292 g/mol. The van der Waals surface area contributed by atoms with E-state index in [-0.39, 0.29) is 18.6 Å². The molecule has 0 aromatic heterocycles. The molecule has 2 atom stereocenters. The van der Waals surface area contributed by atoms with Crippen LogP contribution in [-0.4, -0.2) is 18.9 Å². The summed E-state index contributed by atoms with van der Waals surface area (Å²) < 4.78 is 4.66. The standard InChI is InChI=1S/C15H14ClNO3/c1-20-14(19)10-8-15(9-17,7-6-13(10)18)11-4-2-3-5-12(11)16/h2-5,10H,6-8H2,1H3/t10-,15-/m0/s1. The highest BCUT2D eigenvalue weighted by Crippen LogP contribution is 2.43. The Bertz CT molecular complexity index is 585. The van der Waals surface area contributed by atoms with Gasteiger partial charge in [-0.05, 0) is 24.5 Å². The molecule has 0 amide bonds. The monoisotopic (exact) mass is 291 g/mol. The predicted octanol–water partition coefficient (Wildman–Crippen LogP) is 2.64. The van der Waals surface area contributed by atoms with Gasteiger partial charge in [0.2, 0.25) is 0 Å². The summed E-state index contributed by atoms with van der Waals surface area (Å²) in [7, 11) is 1.24. The molecule has 0 bridgehead atoms. The van der Waals surface area contributed by atoms with Gasteiger partial charge in [0.1, 0.15) is 11.7 Å². The van der Waals surface area contributed by atoms with Crippen molar-refractivity contribution < 1.29 is 14.3 Å². The number of benzene rings is 1. The van der Waals surface area contributed by atoms with E-state index in [9.17, 15) is 14.9 Å². The molecule has 0 radical (unpaired) electrons. The number of halogens is 1. The zero-order chi connectivity index (χ0) is 14.8. The summed E-state index contributed by atoms with van der Waals surface area (Å²) in [4.78, 5) is 23.6.